The summed E-state index contributed by atoms with van der Waals surface area (Å²) in [6.07, 6.45) is 9.07. The lowest BCUT2D eigenvalue weighted by Crippen LogP contribution is -2.16. The third-order valence-corrected chi connectivity index (χ3v) is 5.25. The van der Waals surface area contributed by atoms with Crippen LogP contribution in [-0.2, 0) is 9.59 Å². The molecule has 1 aliphatic rings. The zero-order valence-electron chi connectivity index (χ0n) is 16.2. The number of Topliss-reactive ketones (excluding diaryl/α,β-unsaturated/α-hetero) is 1. The summed E-state index contributed by atoms with van der Waals surface area (Å²) in [4.78, 5) is 24.0. The zero-order chi connectivity index (χ0) is 21.4. The van der Waals surface area contributed by atoms with Crippen LogP contribution >= 0.6 is 0 Å². The van der Waals surface area contributed by atoms with E-state index in [1.165, 1.54) is 6.42 Å². The van der Waals surface area contributed by atoms with Gasteiger partial charge in [0.2, 0.25) is 34.8 Å². The fraction of sp³-hybridized carbons (Fsp3) is 0.619. The number of rotatable bonds is 8. The Morgan fingerprint density at radius 3 is 1.76 bits per heavy atom. The van der Waals surface area contributed by atoms with Crippen molar-refractivity contribution in [2.24, 2.45) is 5.92 Å². The number of benzene rings is 1. The number of ketones is 1. The molecule has 0 atom stereocenters. The molecule has 1 fully saturated rings. The van der Waals surface area contributed by atoms with Gasteiger partial charge < -0.3 is 4.74 Å². The maximum atomic E-state index is 13.5. The number of halogens is 5. The average molecular weight is 420 g/mol. The first-order valence-electron chi connectivity index (χ1n) is 10.1. The van der Waals surface area contributed by atoms with E-state index in [0.717, 1.165) is 38.5 Å². The van der Waals surface area contributed by atoms with Crippen LogP contribution in [0.2, 0.25) is 0 Å². The normalized spacial score (nSPS) is 15.6. The number of carbonyl (C=O) groups excluding carboxylic acids is 2. The van der Waals surface area contributed by atoms with Crippen LogP contribution in [0.15, 0.2) is 0 Å². The predicted octanol–water partition coefficient (Wildman–Crippen LogP) is 6.17. The SMILES string of the molecule is O=C(CCCCCC(=O)C1CCCCCCC1)Oc1c(F)c(F)c(F)c(F)c1F. The number of hydrogen-bond donors (Lipinski definition) is 0. The summed E-state index contributed by atoms with van der Waals surface area (Å²) < 4.78 is 70.5. The third-order valence-electron chi connectivity index (χ3n) is 5.25. The van der Waals surface area contributed by atoms with Gasteiger partial charge in [0, 0.05) is 18.8 Å². The van der Waals surface area contributed by atoms with Crippen LogP contribution < -0.4 is 4.74 Å². The van der Waals surface area contributed by atoms with Gasteiger partial charge in [0.1, 0.15) is 5.78 Å². The van der Waals surface area contributed by atoms with Gasteiger partial charge in [-0.25, -0.2) is 13.2 Å². The van der Waals surface area contributed by atoms with Gasteiger partial charge in [0.05, 0.1) is 0 Å². The van der Waals surface area contributed by atoms with E-state index < -0.39 is 40.8 Å². The highest BCUT2D eigenvalue weighted by atomic mass is 19.2. The van der Waals surface area contributed by atoms with E-state index in [0.29, 0.717) is 19.3 Å². The second kappa shape index (κ2) is 11.3. The van der Waals surface area contributed by atoms with E-state index in [1.54, 1.807) is 0 Å². The molecule has 8 heteroatoms. The van der Waals surface area contributed by atoms with Crippen molar-refractivity contribution in [2.75, 3.05) is 0 Å². The summed E-state index contributed by atoms with van der Waals surface area (Å²) >= 11 is 0. The molecule has 1 aromatic rings. The Bertz CT molecular complexity index is 699. The number of esters is 1. The molecular weight excluding hydrogens is 395 g/mol. The molecule has 0 aliphatic heterocycles. The lowest BCUT2D eigenvalue weighted by atomic mass is 9.86. The summed E-state index contributed by atoms with van der Waals surface area (Å²) in [5, 5.41) is 0. The Morgan fingerprint density at radius 1 is 0.690 bits per heavy atom. The second-order valence-electron chi connectivity index (χ2n) is 7.44. The molecule has 0 amide bonds. The van der Waals surface area contributed by atoms with Gasteiger partial charge in [-0.05, 0) is 25.7 Å². The van der Waals surface area contributed by atoms with E-state index >= 15 is 0 Å². The first kappa shape index (κ1) is 23.3. The van der Waals surface area contributed by atoms with Crippen LogP contribution in [0.25, 0.3) is 0 Å². The summed E-state index contributed by atoms with van der Waals surface area (Å²) in [7, 11) is 0. The summed E-state index contributed by atoms with van der Waals surface area (Å²) in [5.41, 5.74) is 0. The number of unbranched alkanes of at least 4 members (excludes halogenated alkanes) is 2. The van der Waals surface area contributed by atoms with E-state index in [9.17, 15) is 31.5 Å². The van der Waals surface area contributed by atoms with E-state index in [2.05, 4.69) is 4.74 Å². The highest BCUT2D eigenvalue weighted by molar-refractivity contribution is 5.80. The summed E-state index contributed by atoms with van der Waals surface area (Å²) in [6.45, 7) is 0. The third kappa shape index (κ3) is 6.51. The largest absolute Gasteiger partial charge is 0.420 e. The Labute approximate surface area is 166 Å². The highest BCUT2D eigenvalue weighted by Crippen LogP contribution is 2.29. The van der Waals surface area contributed by atoms with Gasteiger partial charge >= 0.3 is 5.97 Å². The predicted molar refractivity (Wildman–Crippen MR) is 95.8 cm³/mol. The van der Waals surface area contributed by atoms with E-state index in [4.69, 9.17) is 0 Å². The summed E-state index contributed by atoms with van der Waals surface area (Å²) in [6, 6.07) is 0. The molecule has 0 heterocycles. The van der Waals surface area contributed by atoms with Crippen LogP contribution in [0.4, 0.5) is 22.0 Å². The van der Waals surface area contributed by atoms with Crippen LogP contribution in [0.3, 0.4) is 0 Å². The smallest absolute Gasteiger partial charge is 0.311 e. The molecule has 3 nitrogen and oxygen atoms in total. The van der Waals surface area contributed by atoms with Gasteiger partial charge in [-0.2, -0.15) is 8.78 Å². The zero-order valence-corrected chi connectivity index (χ0v) is 16.2. The molecule has 29 heavy (non-hydrogen) atoms. The maximum Gasteiger partial charge on any atom is 0.311 e. The minimum absolute atomic E-state index is 0.106. The molecule has 0 unspecified atom stereocenters. The van der Waals surface area contributed by atoms with Crippen molar-refractivity contribution in [3.05, 3.63) is 29.1 Å². The molecule has 0 spiro atoms. The van der Waals surface area contributed by atoms with Crippen molar-refractivity contribution in [3.63, 3.8) is 0 Å². The number of carbonyl (C=O) groups is 2. The molecular formula is C21H25F5O3. The number of hydrogen-bond acceptors (Lipinski definition) is 3. The van der Waals surface area contributed by atoms with Crippen LogP contribution in [0.5, 0.6) is 5.75 Å². The van der Waals surface area contributed by atoms with Crippen molar-refractivity contribution in [1.82, 2.24) is 0 Å². The molecule has 0 saturated heterocycles. The van der Waals surface area contributed by atoms with Crippen molar-refractivity contribution in [2.45, 2.75) is 77.0 Å². The van der Waals surface area contributed by atoms with Crippen molar-refractivity contribution in [3.8, 4) is 5.75 Å². The summed E-state index contributed by atoms with van der Waals surface area (Å²) in [5.74, 6) is -13.4. The Balaban J connectivity index is 1.73. The number of ether oxygens (including phenoxy) is 1. The van der Waals surface area contributed by atoms with Gasteiger partial charge in [-0.1, -0.05) is 38.5 Å². The fourth-order valence-electron chi connectivity index (χ4n) is 3.57. The monoisotopic (exact) mass is 420 g/mol. The first-order chi connectivity index (χ1) is 13.8. The first-order valence-corrected chi connectivity index (χ1v) is 10.1. The standard InChI is InChI=1S/C21H25F5O3/c22-16-17(23)19(25)21(20(26)18(16)24)29-15(28)12-8-4-7-11-14(27)13-9-5-2-1-3-6-10-13/h13H,1-12H2. The van der Waals surface area contributed by atoms with Crippen LogP contribution in [0, 0.1) is 35.0 Å². The minimum Gasteiger partial charge on any atom is -0.420 e. The molecule has 162 valence electrons. The topological polar surface area (TPSA) is 43.4 Å². The van der Waals surface area contributed by atoms with Crippen LogP contribution in [-0.4, -0.2) is 11.8 Å². The second-order valence-corrected chi connectivity index (χ2v) is 7.44. The van der Waals surface area contributed by atoms with E-state index in [-0.39, 0.29) is 24.5 Å². The highest BCUT2D eigenvalue weighted by Gasteiger charge is 2.28. The molecule has 0 radical (unpaired) electrons. The van der Waals surface area contributed by atoms with Gasteiger partial charge in [0.15, 0.2) is 0 Å². The molecule has 1 saturated carbocycles. The maximum absolute atomic E-state index is 13.5. The van der Waals surface area contributed by atoms with Gasteiger partial charge in [0.25, 0.3) is 0 Å². The Kier molecular flexibility index (Phi) is 9.04. The van der Waals surface area contributed by atoms with E-state index in [1.807, 2.05) is 0 Å². The molecule has 1 aromatic carbocycles. The fourth-order valence-corrected chi connectivity index (χ4v) is 3.57. The lowest BCUT2D eigenvalue weighted by Gasteiger charge is -2.18. The average Bonchev–Trinajstić information content (AvgIpc) is 2.67. The lowest BCUT2D eigenvalue weighted by molar-refractivity contribution is -0.135. The molecule has 0 bridgehead atoms. The van der Waals surface area contributed by atoms with Crippen molar-refractivity contribution in [1.29, 1.82) is 0 Å². The van der Waals surface area contributed by atoms with Crippen molar-refractivity contribution < 1.29 is 36.3 Å². The Hall–Kier alpha value is -1.99. The van der Waals surface area contributed by atoms with Crippen molar-refractivity contribution >= 4 is 11.8 Å². The minimum atomic E-state index is -2.31. The Morgan fingerprint density at radius 2 is 1.17 bits per heavy atom. The molecule has 0 N–H and O–H groups in total. The molecule has 2 rings (SSSR count). The van der Waals surface area contributed by atoms with Crippen LogP contribution in [0.1, 0.15) is 77.0 Å². The quantitative estimate of drug-likeness (QED) is 0.126. The molecule has 0 aromatic heterocycles. The van der Waals surface area contributed by atoms with Gasteiger partial charge in [-0.15, -0.1) is 0 Å². The van der Waals surface area contributed by atoms with Gasteiger partial charge in [-0.3, -0.25) is 9.59 Å². The molecule has 1 aliphatic carbocycles.